The van der Waals surface area contributed by atoms with Crippen LogP contribution >= 0.6 is 23.2 Å². The van der Waals surface area contributed by atoms with Crippen molar-refractivity contribution in [2.45, 2.75) is 12.2 Å². The molecule has 1 aliphatic heterocycles. The third-order valence-corrected chi connectivity index (χ3v) is 3.06. The first-order chi connectivity index (χ1) is 7.61. The zero-order valence-electron chi connectivity index (χ0n) is 8.32. The topological polar surface area (TPSA) is 64.7 Å². The minimum absolute atomic E-state index is 0.116. The average molecular weight is 264 g/mol. The van der Waals surface area contributed by atoms with Gasteiger partial charge in [-0.05, 0) is 0 Å². The Morgan fingerprint density at radius 1 is 1.38 bits per heavy atom. The number of hydrogen-bond acceptors (Lipinski definition) is 4. The van der Waals surface area contributed by atoms with Gasteiger partial charge in [0.1, 0.15) is 12.7 Å². The zero-order chi connectivity index (χ0) is 11.7. The summed E-state index contributed by atoms with van der Waals surface area (Å²) in [5, 5.41) is 10.3. The quantitative estimate of drug-likeness (QED) is 0.848. The van der Waals surface area contributed by atoms with Crippen molar-refractivity contribution in [3.8, 4) is 11.5 Å². The maximum atomic E-state index is 9.54. The van der Waals surface area contributed by atoms with Gasteiger partial charge in [0.2, 0.25) is 0 Å². The number of benzene rings is 1. The molecule has 0 bridgehead atoms. The van der Waals surface area contributed by atoms with Crippen LogP contribution in [0.4, 0.5) is 0 Å². The molecule has 2 rings (SSSR count). The largest absolute Gasteiger partial charge is 0.486 e. The summed E-state index contributed by atoms with van der Waals surface area (Å²) in [6.45, 7) is 0.355. The monoisotopic (exact) mass is 263 g/mol. The predicted molar refractivity (Wildman–Crippen MR) is 61.4 cm³/mol. The van der Waals surface area contributed by atoms with Gasteiger partial charge in [0.05, 0.1) is 10.0 Å². The van der Waals surface area contributed by atoms with Gasteiger partial charge in [0.25, 0.3) is 0 Å². The van der Waals surface area contributed by atoms with Crippen molar-refractivity contribution in [3.63, 3.8) is 0 Å². The first-order valence-corrected chi connectivity index (χ1v) is 5.54. The number of ether oxygens (including phenoxy) is 2. The van der Waals surface area contributed by atoms with Gasteiger partial charge in [-0.15, -0.1) is 0 Å². The molecule has 16 heavy (non-hydrogen) atoms. The molecular formula is C10H11Cl2NO3. The van der Waals surface area contributed by atoms with E-state index in [4.69, 9.17) is 38.4 Å². The third-order valence-electron chi connectivity index (χ3n) is 2.34. The van der Waals surface area contributed by atoms with Crippen molar-refractivity contribution in [2.75, 3.05) is 13.2 Å². The number of aliphatic hydroxyl groups excluding tert-OH is 1. The summed E-state index contributed by atoms with van der Waals surface area (Å²) in [7, 11) is 0. The van der Waals surface area contributed by atoms with Crippen LogP contribution in [0, 0.1) is 0 Å². The van der Waals surface area contributed by atoms with E-state index in [1.54, 1.807) is 12.1 Å². The highest BCUT2D eigenvalue weighted by Crippen LogP contribution is 2.38. The standard InChI is InChI=1S/C10H11Cl2NO3/c11-5-1-8-9(2-6(5)12)16-10(4-15-8)7(14)3-13/h1-2,7,10,14H,3-4,13H2. The van der Waals surface area contributed by atoms with Gasteiger partial charge in [-0.3, -0.25) is 0 Å². The average Bonchev–Trinajstić information content (AvgIpc) is 2.29. The van der Waals surface area contributed by atoms with Crippen LogP contribution in [0.2, 0.25) is 10.0 Å². The molecule has 2 atom stereocenters. The molecule has 0 aromatic heterocycles. The molecule has 0 spiro atoms. The Labute approximate surface area is 103 Å². The highest BCUT2D eigenvalue weighted by atomic mass is 35.5. The van der Waals surface area contributed by atoms with Crippen molar-refractivity contribution in [2.24, 2.45) is 5.73 Å². The zero-order valence-corrected chi connectivity index (χ0v) is 9.83. The van der Waals surface area contributed by atoms with E-state index in [1.807, 2.05) is 0 Å². The molecule has 4 nitrogen and oxygen atoms in total. The van der Waals surface area contributed by atoms with E-state index in [2.05, 4.69) is 0 Å². The van der Waals surface area contributed by atoms with Gasteiger partial charge >= 0.3 is 0 Å². The summed E-state index contributed by atoms with van der Waals surface area (Å²) in [6.07, 6.45) is -1.24. The fraction of sp³-hybridized carbons (Fsp3) is 0.400. The maximum absolute atomic E-state index is 9.54. The summed E-state index contributed by atoms with van der Waals surface area (Å²) in [5.74, 6) is 0.994. The van der Waals surface area contributed by atoms with Crippen LogP contribution in [0.5, 0.6) is 11.5 Å². The minimum Gasteiger partial charge on any atom is -0.486 e. The van der Waals surface area contributed by atoms with Crippen LogP contribution in [0.15, 0.2) is 12.1 Å². The first kappa shape index (κ1) is 11.8. The number of fused-ring (bicyclic) bond motifs is 1. The highest BCUT2D eigenvalue weighted by molar-refractivity contribution is 6.42. The molecule has 0 amide bonds. The van der Waals surface area contributed by atoms with Crippen LogP contribution in [0.25, 0.3) is 0 Å². The van der Waals surface area contributed by atoms with Gasteiger partial charge in [-0.1, -0.05) is 23.2 Å². The summed E-state index contributed by atoms with van der Waals surface area (Å²) < 4.78 is 10.9. The van der Waals surface area contributed by atoms with Crippen LogP contribution in [-0.4, -0.2) is 30.5 Å². The van der Waals surface area contributed by atoms with Crippen LogP contribution < -0.4 is 15.2 Å². The van der Waals surface area contributed by atoms with Gasteiger partial charge in [0.15, 0.2) is 17.6 Å². The lowest BCUT2D eigenvalue weighted by molar-refractivity contribution is -0.00529. The lowest BCUT2D eigenvalue weighted by atomic mass is 10.2. The van der Waals surface area contributed by atoms with Gasteiger partial charge in [-0.25, -0.2) is 0 Å². The van der Waals surface area contributed by atoms with Crippen molar-refractivity contribution >= 4 is 23.2 Å². The van der Waals surface area contributed by atoms with Gasteiger partial charge in [0, 0.05) is 18.7 Å². The molecule has 0 saturated carbocycles. The molecule has 3 N–H and O–H groups in total. The number of hydrogen-bond donors (Lipinski definition) is 2. The van der Waals surface area contributed by atoms with E-state index in [-0.39, 0.29) is 13.2 Å². The van der Waals surface area contributed by atoms with E-state index >= 15 is 0 Å². The Morgan fingerprint density at radius 3 is 2.62 bits per heavy atom. The number of aliphatic hydroxyl groups is 1. The molecule has 2 unspecified atom stereocenters. The second-order valence-corrected chi connectivity index (χ2v) is 4.30. The van der Waals surface area contributed by atoms with E-state index in [9.17, 15) is 5.11 Å². The summed E-state index contributed by atoms with van der Waals surface area (Å²) >= 11 is 11.7. The van der Waals surface area contributed by atoms with Crippen molar-refractivity contribution in [1.29, 1.82) is 0 Å². The SMILES string of the molecule is NCC(O)C1COc2cc(Cl)c(Cl)cc2O1. The fourth-order valence-electron chi connectivity index (χ4n) is 1.43. The second kappa shape index (κ2) is 4.67. The van der Waals surface area contributed by atoms with Crippen LogP contribution in [0.3, 0.4) is 0 Å². The summed E-state index contributed by atoms with van der Waals surface area (Å²) in [4.78, 5) is 0. The molecule has 1 aromatic carbocycles. The molecular weight excluding hydrogens is 253 g/mol. The van der Waals surface area contributed by atoms with E-state index < -0.39 is 12.2 Å². The van der Waals surface area contributed by atoms with Crippen molar-refractivity contribution in [3.05, 3.63) is 22.2 Å². The Morgan fingerprint density at radius 2 is 2.00 bits per heavy atom. The molecule has 0 saturated heterocycles. The second-order valence-electron chi connectivity index (χ2n) is 3.48. The third kappa shape index (κ3) is 2.20. The van der Waals surface area contributed by atoms with E-state index in [0.717, 1.165) is 0 Å². The Balaban J connectivity index is 2.23. The minimum atomic E-state index is -0.761. The molecule has 88 valence electrons. The van der Waals surface area contributed by atoms with Crippen molar-refractivity contribution < 1.29 is 14.6 Å². The van der Waals surface area contributed by atoms with Gasteiger partial charge in [-0.2, -0.15) is 0 Å². The molecule has 0 aliphatic carbocycles. The number of nitrogens with two attached hydrogens (primary N) is 1. The van der Waals surface area contributed by atoms with Crippen LogP contribution in [0.1, 0.15) is 0 Å². The first-order valence-electron chi connectivity index (χ1n) is 4.78. The molecule has 6 heteroatoms. The lowest BCUT2D eigenvalue weighted by Crippen LogP contribution is -2.43. The molecule has 0 fully saturated rings. The molecule has 1 aliphatic rings. The maximum Gasteiger partial charge on any atom is 0.163 e. The Bertz CT molecular complexity index is 400. The van der Waals surface area contributed by atoms with E-state index in [0.29, 0.717) is 21.5 Å². The predicted octanol–water partition coefficient (Wildman–Crippen LogP) is 1.45. The summed E-state index contributed by atoms with van der Waals surface area (Å²) in [6, 6.07) is 3.15. The molecule has 1 aromatic rings. The van der Waals surface area contributed by atoms with Crippen LogP contribution in [-0.2, 0) is 0 Å². The molecule has 0 radical (unpaired) electrons. The normalized spacial score (nSPS) is 20.6. The fourth-order valence-corrected chi connectivity index (χ4v) is 1.73. The number of rotatable bonds is 2. The van der Waals surface area contributed by atoms with E-state index in [1.165, 1.54) is 0 Å². The lowest BCUT2D eigenvalue weighted by Gasteiger charge is -2.29. The highest BCUT2D eigenvalue weighted by Gasteiger charge is 2.27. The van der Waals surface area contributed by atoms with Gasteiger partial charge < -0.3 is 20.3 Å². The van der Waals surface area contributed by atoms with Crippen molar-refractivity contribution in [1.82, 2.24) is 0 Å². The summed E-state index contributed by atoms with van der Waals surface area (Å²) in [5.41, 5.74) is 5.34. The Hall–Kier alpha value is -0.680. The Kier molecular flexibility index (Phi) is 3.44. The molecule has 1 heterocycles. The number of halogens is 2. The smallest absolute Gasteiger partial charge is 0.163 e.